The predicted octanol–water partition coefficient (Wildman–Crippen LogP) is 4.00. The van der Waals surface area contributed by atoms with Gasteiger partial charge < -0.3 is 10.4 Å². The summed E-state index contributed by atoms with van der Waals surface area (Å²) in [7, 11) is 0. The Kier molecular flexibility index (Phi) is 7.02. The highest BCUT2D eigenvalue weighted by Crippen LogP contribution is 2.32. The Morgan fingerprint density at radius 1 is 1.30 bits per heavy atom. The van der Waals surface area contributed by atoms with Crippen LogP contribution in [0.15, 0.2) is 18.2 Å². The second-order valence-corrected chi connectivity index (χ2v) is 4.67. The van der Waals surface area contributed by atoms with Gasteiger partial charge in [0.2, 0.25) is 0 Å². The SMILES string of the molecule is CC(C)C.O=C(O)CNc1ccc(F)c(C(F)(F)F)c1. The molecule has 2 N–H and O–H groups in total. The molecule has 0 aliphatic carbocycles. The number of alkyl halides is 3. The average molecular weight is 295 g/mol. The van der Waals surface area contributed by atoms with Crippen LogP contribution in [0.4, 0.5) is 23.2 Å². The Labute approximate surface area is 114 Å². The van der Waals surface area contributed by atoms with E-state index in [1.165, 1.54) is 0 Å². The number of aliphatic carboxylic acids is 1. The molecule has 1 rings (SSSR count). The molecule has 114 valence electrons. The second-order valence-electron chi connectivity index (χ2n) is 4.67. The van der Waals surface area contributed by atoms with Crippen molar-refractivity contribution >= 4 is 11.7 Å². The second kappa shape index (κ2) is 7.72. The molecule has 0 spiro atoms. The Bertz CT molecular complexity index is 442. The number of rotatable bonds is 3. The summed E-state index contributed by atoms with van der Waals surface area (Å²) in [5.74, 6) is -1.79. The predicted molar refractivity (Wildman–Crippen MR) is 68.0 cm³/mol. The van der Waals surface area contributed by atoms with Gasteiger partial charge in [0.25, 0.3) is 0 Å². The Hall–Kier alpha value is -1.79. The molecule has 0 saturated carbocycles. The quantitative estimate of drug-likeness (QED) is 0.829. The van der Waals surface area contributed by atoms with E-state index in [1.807, 2.05) is 0 Å². The molecule has 0 aliphatic rings. The largest absolute Gasteiger partial charge is 0.480 e. The Balaban J connectivity index is 0.000000796. The minimum atomic E-state index is -4.80. The molecule has 0 aromatic heterocycles. The third-order valence-corrected chi connectivity index (χ3v) is 1.72. The van der Waals surface area contributed by atoms with E-state index >= 15 is 0 Å². The maximum atomic E-state index is 12.8. The molecule has 20 heavy (non-hydrogen) atoms. The zero-order valence-electron chi connectivity index (χ0n) is 11.4. The molecular weight excluding hydrogens is 278 g/mol. The number of halogens is 4. The van der Waals surface area contributed by atoms with E-state index in [0.29, 0.717) is 12.1 Å². The van der Waals surface area contributed by atoms with Crippen molar-refractivity contribution in [2.75, 3.05) is 11.9 Å². The Morgan fingerprint density at radius 2 is 1.80 bits per heavy atom. The van der Waals surface area contributed by atoms with Gasteiger partial charge in [0.1, 0.15) is 12.4 Å². The number of carboxylic acid groups (broad SMARTS) is 1. The molecular formula is C13H17F4NO2. The van der Waals surface area contributed by atoms with Crippen molar-refractivity contribution in [3.63, 3.8) is 0 Å². The van der Waals surface area contributed by atoms with Crippen LogP contribution in [0.3, 0.4) is 0 Å². The Morgan fingerprint density at radius 3 is 2.20 bits per heavy atom. The third kappa shape index (κ3) is 7.60. The van der Waals surface area contributed by atoms with Crippen molar-refractivity contribution in [2.24, 2.45) is 5.92 Å². The van der Waals surface area contributed by atoms with Gasteiger partial charge in [0.15, 0.2) is 0 Å². The van der Waals surface area contributed by atoms with Gasteiger partial charge in [-0.25, -0.2) is 4.39 Å². The summed E-state index contributed by atoms with van der Waals surface area (Å²) < 4.78 is 49.5. The fourth-order valence-corrected chi connectivity index (χ4v) is 1.03. The van der Waals surface area contributed by atoms with Crippen LogP contribution in [0.1, 0.15) is 26.3 Å². The van der Waals surface area contributed by atoms with Crippen LogP contribution >= 0.6 is 0 Å². The molecule has 0 bridgehead atoms. The summed E-state index contributed by atoms with van der Waals surface area (Å²) in [4.78, 5) is 10.2. The van der Waals surface area contributed by atoms with E-state index in [0.717, 1.165) is 12.0 Å². The fourth-order valence-electron chi connectivity index (χ4n) is 1.03. The van der Waals surface area contributed by atoms with E-state index in [-0.39, 0.29) is 5.69 Å². The summed E-state index contributed by atoms with van der Waals surface area (Å²) in [5, 5.41) is 10.5. The van der Waals surface area contributed by atoms with Crippen LogP contribution in [0, 0.1) is 11.7 Å². The van der Waals surface area contributed by atoms with Crippen molar-refractivity contribution in [3.05, 3.63) is 29.6 Å². The van der Waals surface area contributed by atoms with E-state index in [1.54, 1.807) is 0 Å². The normalized spacial score (nSPS) is 10.8. The molecule has 0 heterocycles. The summed E-state index contributed by atoms with van der Waals surface area (Å²) in [6.45, 7) is 5.96. The van der Waals surface area contributed by atoms with E-state index < -0.39 is 30.1 Å². The van der Waals surface area contributed by atoms with Gasteiger partial charge in [-0.05, 0) is 24.1 Å². The van der Waals surface area contributed by atoms with E-state index in [2.05, 4.69) is 26.1 Å². The van der Waals surface area contributed by atoms with Gasteiger partial charge in [-0.15, -0.1) is 0 Å². The summed E-state index contributed by atoms with van der Waals surface area (Å²) in [5.41, 5.74) is -1.53. The van der Waals surface area contributed by atoms with Crippen LogP contribution in [-0.2, 0) is 11.0 Å². The van der Waals surface area contributed by atoms with Gasteiger partial charge in [-0.1, -0.05) is 20.8 Å². The van der Waals surface area contributed by atoms with Gasteiger partial charge in [0, 0.05) is 5.69 Å². The maximum absolute atomic E-state index is 12.8. The van der Waals surface area contributed by atoms with Gasteiger partial charge in [0.05, 0.1) is 5.56 Å². The molecule has 7 heteroatoms. The lowest BCUT2D eigenvalue weighted by Crippen LogP contribution is -2.14. The molecule has 0 aliphatic heterocycles. The molecule has 3 nitrogen and oxygen atoms in total. The molecule has 0 unspecified atom stereocenters. The van der Waals surface area contributed by atoms with Crippen molar-refractivity contribution in [3.8, 4) is 0 Å². The van der Waals surface area contributed by atoms with Crippen LogP contribution in [0.5, 0.6) is 0 Å². The summed E-state index contributed by atoms with van der Waals surface area (Å²) in [6.07, 6.45) is -4.80. The van der Waals surface area contributed by atoms with Crippen LogP contribution in [-0.4, -0.2) is 17.6 Å². The number of nitrogens with one attached hydrogen (secondary N) is 1. The highest BCUT2D eigenvalue weighted by atomic mass is 19.4. The first-order chi connectivity index (χ1) is 9.04. The van der Waals surface area contributed by atoms with Crippen molar-refractivity contribution in [2.45, 2.75) is 26.9 Å². The number of carboxylic acids is 1. The lowest BCUT2D eigenvalue weighted by molar-refractivity contribution is -0.140. The zero-order valence-corrected chi connectivity index (χ0v) is 11.4. The van der Waals surface area contributed by atoms with Crippen molar-refractivity contribution in [1.29, 1.82) is 0 Å². The number of anilines is 1. The molecule has 0 amide bonds. The molecule has 1 aromatic carbocycles. The van der Waals surface area contributed by atoms with Gasteiger partial charge >= 0.3 is 12.1 Å². The van der Waals surface area contributed by atoms with Crippen LogP contribution < -0.4 is 5.32 Å². The molecule has 0 saturated heterocycles. The highest BCUT2D eigenvalue weighted by Gasteiger charge is 2.34. The van der Waals surface area contributed by atoms with E-state index in [9.17, 15) is 22.4 Å². The zero-order chi connectivity index (χ0) is 15.9. The topological polar surface area (TPSA) is 49.3 Å². The maximum Gasteiger partial charge on any atom is 0.419 e. The average Bonchev–Trinajstić information content (AvgIpc) is 2.25. The van der Waals surface area contributed by atoms with E-state index in [4.69, 9.17) is 5.11 Å². The number of hydrogen-bond acceptors (Lipinski definition) is 2. The van der Waals surface area contributed by atoms with Gasteiger partial charge in [-0.3, -0.25) is 4.79 Å². The van der Waals surface area contributed by atoms with Gasteiger partial charge in [-0.2, -0.15) is 13.2 Å². The third-order valence-electron chi connectivity index (χ3n) is 1.72. The minimum Gasteiger partial charge on any atom is -0.480 e. The standard InChI is InChI=1S/C9H7F4NO2.C4H10/c10-7-2-1-5(14-4-8(15)16)3-6(7)9(11,12)13;1-4(2)3/h1-3,14H,4H2,(H,15,16);4H,1-3H3. The number of benzene rings is 1. The first-order valence-electron chi connectivity index (χ1n) is 5.86. The smallest absolute Gasteiger partial charge is 0.419 e. The van der Waals surface area contributed by atoms with Crippen LogP contribution in [0.25, 0.3) is 0 Å². The first kappa shape index (κ1) is 18.2. The minimum absolute atomic E-state index is 0.101. The summed E-state index contributed by atoms with van der Waals surface area (Å²) in [6, 6.07) is 2.19. The first-order valence-corrected chi connectivity index (χ1v) is 5.86. The lowest BCUT2D eigenvalue weighted by Gasteiger charge is -2.10. The van der Waals surface area contributed by atoms with Crippen molar-refractivity contribution < 1.29 is 27.5 Å². The molecule has 0 fully saturated rings. The van der Waals surface area contributed by atoms with Crippen LogP contribution in [0.2, 0.25) is 0 Å². The molecule has 0 atom stereocenters. The summed E-state index contributed by atoms with van der Waals surface area (Å²) >= 11 is 0. The number of carbonyl (C=O) groups is 1. The lowest BCUT2D eigenvalue weighted by atomic mass is 10.2. The molecule has 1 aromatic rings. The highest BCUT2D eigenvalue weighted by molar-refractivity contribution is 5.72. The van der Waals surface area contributed by atoms with Crippen molar-refractivity contribution in [1.82, 2.24) is 0 Å². The fraction of sp³-hybridized carbons (Fsp3) is 0.462. The number of hydrogen-bond donors (Lipinski definition) is 2. The monoisotopic (exact) mass is 295 g/mol. The molecule has 0 radical (unpaired) electrons.